The summed E-state index contributed by atoms with van der Waals surface area (Å²) in [6, 6.07) is 0.864. The lowest BCUT2D eigenvalue weighted by molar-refractivity contribution is -0.280. The third-order valence-corrected chi connectivity index (χ3v) is 11.5. The zero-order valence-corrected chi connectivity index (χ0v) is 24.9. The van der Waals surface area contributed by atoms with Gasteiger partial charge in [0.2, 0.25) is 0 Å². The van der Waals surface area contributed by atoms with Crippen LogP contribution in [0, 0.1) is 0 Å². The summed E-state index contributed by atoms with van der Waals surface area (Å²) >= 11 is 0. The van der Waals surface area contributed by atoms with Gasteiger partial charge in [0.05, 0.1) is 13.2 Å². The molecule has 2 aliphatic rings. The molecule has 254 valence electrons. The normalized spacial score (nSPS) is 36.5. The highest BCUT2D eigenvalue weighted by atomic mass is 31.3. The Morgan fingerprint density at radius 3 is 1.86 bits per heavy atom. The van der Waals surface area contributed by atoms with Gasteiger partial charge in [0.1, 0.15) is 42.7 Å². The first-order valence-electron chi connectivity index (χ1n) is 11.5. The average Bonchev–Trinajstić information content (AvgIpc) is 3.14. The molecule has 3 rings (SSSR count). The summed E-state index contributed by atoms with van der Waals surface area (Å²) in [6.45, 7) is -2.23. The molecule has 0 amide bonds. The van der Waals surface area contributed by atoms with E-state index in [-0.39, 0.29) is 0 Å². The Bertz CT molecular complexity index is 1480. The van der Waals surface area contributed by atoms with E-state index < -0.39 is 111 Å². The Kier molecular flexibility index (Phi) is 11.9. The van der Waals surface area contributed by atoms with Crippen LogP contribution < -0.4 is 11.2 Å². The van der Waals surface area contributed by atoms with E-state index in [0.717, 1.165) is 12.3 Å². The second-order valence-corrected chi connectivity index (χ2v) is 15.0. The lowest BCUT2D eigenvalue weighted by atomic mass is 10.00. The average molecular weight is 726 g/mol. The third kappa shape index (κ3) is 9.48. The van der Waals surface area contributed by atoms with Gasteiger partial charge in [-0.05, 0) is 0 Å². The van der Waals surface area contributed by atoms with E-state index in [1.807, 2.05) is 4.98 Å². The van der Waals surface area contributed by atoms with Crippen molar-refractivity contribution in [2.45, 2.75) is 55.2 Å². The number of phosphoric acid groups is 4. The standard InChI is InChI=1S/C15H26N2O23P4/c18-3-5-8(20)10(22)12(24)14(36-5)37-42(28,29)39-44(32,33)40-43(30,31)38-41(26,27)34-4-6-9(21)11(23)13(35-6)17-2-1-7(19)16-15(17)25/h1-2,5-6,8-14,18,20-24H,3-4H2,(H,26,27)(H,28,29)(H,30,31)(H,32,33)(H,16,19,25)/t5-,6-,8+,9-,10+,11-,12-,13-,14-/m1/s1. The summed E-state index contributed by atoms with van der Waals surface area (Å²) in [7, 11) is -24.3. The van der Waals surface area contributed by atoms with Crippen molar-refractivity contribution in [3.05, 3.63) is 33.1 Å². The molecule has 13 atom stereocenters. The van der Waals surface area contributed by atoms with Crippen molar-refractivity contribution in [2.24, 2.45) is 0 Å². The van der Waals surface area contributed by atoms with E-state index in [2.05, 4.69) is 22.0 Å². The fraction of sp³-hybridized carbons (Fsp3) is 0.733. The number of hydrogen-bond donors (Lipinski definition) is 11. The Balaban J connectivity index is 1.59. The Labute approximate surface area is 242 Å². The highest BCUT2D eigenvalue weighted by molar-refractivity contribution is 7.69. The fourth-order valence-corrected chi connectivity index (χ4v) is 8.66. The van der Waals surface area contributed by atoms with Crippen LogP contribution in [0.5, 0.6) is 0 Å². The molecule has 0 spiro atoms. The molecule has 0 radical (unpaired) electrons. The van der Waals surface area contributed by atoms with Crippen LogP contribution in [-0.4, -0.2) is 122 Å². The summed E-state index contributed by atoms with van der Waals surface area (Å²) in [5, 5.41) is 58.5. The fourth-order valence-electron chi connectivity index (χ4n) is 3.64. The maximum Gasteiger partial charge on any atom is 0.490 e. The lowest BCUT2D eigenvalue weighted by Gasteiger charge is -2.39. The summed E-state index contributed by atoms with van der Waals surface area (Å²) in [6.07, 6.45) is -16.8. The first-order chi connectivity index (χ1) is 20.1. The monoisotopic (exact) mass is 726 g/mol. The highest BCUT2D eigenvalue weighted by Gasteiger charge is 2.51. The van der Waals surface area contributed by atoms with Crippen LogP contribution in [0.25, 0.3) is 0 Å². The Hall–Kier alpha value is -1.08. The van der Waals surface area contributed by atoms with Crippen LogP contribution in [0.15, 0.2) is 21.9 Å². The summed E-state index contributed by atoms with van der Waals surface area (Å²) in [5.41, 5.74) is -1.89. The molecule has 25 nitrogen and oxygen atoms in total. The third-order valence-electron chi connectivity index (χ3n) is 5.57. The molecule has 2 aliphatic heterocycles. The van der Waals surface area contributed by atoms with Gasteiger partial charge in [-0.1, -0.05) is 0 Å². The minimum atomic E-state index is -6.28. The molecule has 44 heavy (non-hydrogen) atoms. The van der Waals surface area contributed by atoms with Gasteiger partial charge in [-0.25, -0.2) is 23.1 Å². The minimum Gasteiger partial charge on any atom is -0.394 e. The second kappa shape index (κ2) is 14.0. The van der Waals surface area contributed by atoms with Gasteiger partial charge >= 0.3 is 37.0 Å². The summed E-state index contributed by atoms with van der Waals surface area (Å²) in [4.78, 5) is 63.7. The van der Waals surface area contributed by atoms with Crippen molar-refractivity contribution in [2.75, 3.05) is 13.2 Å². The topological polar surface area (TPSA) is 390 Å². The molecule has 2 fully saturated rings. The molecule has 0 aliphatic carbocycles. The molecule has 0 bridgehead atoms. The molecular formula is C15H26N2O23P4. The van der Waals surface area contributed by atoms with Crippen molar-refractivity contribution < 1.29 is 99.9 Å². The van der Waals surface area contributed by atoms with Crippen LogP contribution >= 0.6 is 31.3 Å². The number of hydrogen-bond acceptors (Lipinski definition) is 19. The molecule has 4 unspecified atom stereocenters. The zero-order chi connectivity index (χ0) is 33.4. The zero-order valence-electron chi connectivity index (χ0n) is 21.3. The molecule has 11 N–H and O–H groups in total. The highest BCUT2D eigenvalue weighted by Crippen LogP contribution is 2.71. The van der Waals surface area contributed by atoms with E-state index >= 15 is 0 Å². The van der Waals surface area contributed by atoms with E-state index in [1.165, 1.54) is 0 Å². The molecule has 3 heterocycles. The van der Waals surface area contributed by atoms with Gasteiger partial charge in [0.25, 0.3) is 5.56 Å². The second-order valence-electron chi connectivity index (χ2n) is 8.78. The first kappa shape index (κ1) is 37.4. The van der Waals surface area contributed by atoms with Gasteiger partial charge in [-0.15, -0.1) is 0 Å². The number of aliphatic hydroxyl groups is 6. The van der Waals surface area contributed by atoms with Crippen molar-refractivity contribution in [3.8, 4) is 0 Å². The van der Waals surface area contributed by atoms with Crippen molar-refractivity contribution in [1.29, 1.82) is 0 Å². The Morgan fingerprint density at radius 2 is 1.30 bits per heavy atom. The van der Waals surface area contributed by atoms with E-state index in [1.54, 1.807) is 0 Å². The van der Waals surface area contributed by atoms with Gasteiger partial charge < -0.3 is 59.7 Å². The minimum absolute atomic E-state index is 0.639. The van der Waals surface area contributed by atoms with Gasteiger partial charge in [-0.3, -0.25) is 23.4 Å². The van der Waals surface area contributed by atoms with E-state index in [9.17, 15) is 73.0 Å². The SMILES string of the molecule is O=c1ccn([C@@H]2O[C@H](COP(=O)(O)OP(=O)(O)OP(=O)(O)OP(=O)(O)O[C@H]3O[C@H](CO)[C@H](O)[C@H](O)[C@H]3O)[C@@H](O)[C@H]2O)c(=O)[nH]1. The number of aliphatic hydroxyl groups excluding tert-OH is 6. The maximum absolute atomic E-state index is 12.2. The smallest absolute Gasteiger partial charge is 0.394 e. The van der Waals surface area contributed by atoms with Crippen molar-refractivity contribution >= 4 is 31.3 Å². The first-order valence-corrected chi connectivity index (χ1v) is 17.5. The van der Waals surface area contributed by atoms with Gasteiger partial charge in [0, 0.05) is 12.3 Å². The number of rotatable bonds is 13. The number of aromatic nitrogens is 2. The lowest BCUT2D eigenvalue weighted by Crippen LogP contribution is -2.58. The molecule has 0 saturated carbocycles. The number of phosphoric ester groups is 2. The molecular weight excluding hydrogens is 700 g/mol. The summed E-state index contributed by atoms with van der Waals surface area (Å²) in [5.74, 6) is 0. The predicted molar refractivity (Wildman–Crippen MR) is 131 cm³/mol. The maximum atomic E-state index is 12.2. The van der Waals surface area contributed by atoms with Crippen LogP contribution in [0.3, 0.4) is 0 Å². The largest absolute Gasteiger partial charge is 0.490 e. The van der Waals surface area contributed by atoms with Crippen LogP contribution in [-0.2, 0) is 49.7 Å². The number of ether oxygens (including phenoxy) is 2. The molecule has 1 aromatic heterocycles. The molecule has 29 heteroatoms. The van der Waals surface area contributed by atoms with E-state index in [4.69, 9.17) is 14.6 Å². The van der Waals surface area contributed by atoms with Crippen LogP contribution in [0.1, 0.15) is 6.23 Å². The van der Waals surface area contributed by atoms with Crippen LogP contribution in [0.4, 0.5) is 0 Å². The van der Waals surface area contributed by atoms with Crippen LogP contribution in [0.2, 0.25) is 0 Å². The number of nitrogens with one attached hydrogen (secondary N) is 1. The Morgan fingerprint density at radius 1 is 0.750 bits per heavy atom. The van der Waals surface area contributed by atoms with E-state index in [0.29, 0.717) is 4.57 Å². The quantitative estimate of drug-likeness (QED) is 0.0852. The van der Waals surface area contributed by atoms with Crippen molar-refractivity contribution in [3.63, 3.8) is 0 Å². The number of H-pyrrole nitrogens is 1. The molecule has 0 aromatic carbocycles. The van der Waals surface area contributed by atoms with Crippen molar-refractivity contribution in [1.82, 2.24) is 9.55 Å². The number of nitrogens with zero attached hydrogens (tertiary/aromatic N) is 1. The molecule has 2 saturated heterocycles. The number of aromatic amines is 1. The van der Waals surface area contributed by atoms with Gasteiger partial charge in [0.15, 0.2) is 12.5 Å². The van der Waals surface area contributed by atoms with Gasteiger partial charge in [-0.2, -0.15) is 12.9 Å². The summed E-state index contributed by atoms with van der Waals surface area (Å²) < 4.78 is 78.7. The predicted octanol–water partition coefficient (Wildman–Crippen LogP) is -4.56. The molecule has 1 aromatic rings.